The van der Waals surface area contributed by atoms with E-state index < -0.39 is 6.10 Å². The van der Waals surface area contributed by atoms with Gasteiger partial charge >= 0.3 is 0 Å². The molecule has 0 radical (unpaired) electrons. The molecular weight excluding hydrogens is 280 g/mol. The molecule has 0 aliphatic carbocycles. The summed E-state index contributed by atoms with van der Waals surface area (Å²) in [4.78, 5) is 0. The second-order valence-electron chi connectivity index (χ2n) is 3.70. The van der Waals surface area contributed by atoms with E-state index in [9.17, 15) is 5.11 Å². The van der Waals surface area contributed by atoms with E-state index in [1.807, 2.05) is 48.5 Å². The van der Waals surface area contributed by atoms with Gasteiger partial charge in [-0.05, 0) is 23.8 Å². The molecule has 2 aromatic carbocycles. The number of benzene rings is 2. The highest BCUT2D eigenvalue weighted by Crippen LogP contribution is 2.30. The zero-order chi connectivity index (χ0) is 12.3. The molecule has 0 unspecified atom stereocenters. The second-order valence-corrected chi connectivity index (χ2v) is 4.61. The van der Waals surface area contributed by atoms with E-state index in [1.54, 1.807) is 7.11 Å². The third-order valence-corrected chi connectivity index (χ3v) is 3.15. The Kier molecular flexibility index (Phi) is 3.82. The number of hydrogen-bond acceptors (Lipinski definition) is 2. The van der Waals surface area contributed by atoms with Gasteiger partial charge in [0.1, 0.15) is 11.9 Å². The molecule has 0 saturated carbocycles. The van der Waals surface area contributed by atoms with Crippen LogP contribution in [-0.4, -0.2) is 12.2 Å². The summed E-state index contributed by atoms with van der Waals surface area (Å²) in [6.07, 6.45) is -0.667. The largest absolute Gasteiger partial charge is 0.496 e. The van der Waals surface area contributed by atoms with Gasteiger partial charge in [-0.3, -0.25) is 0 Å². The lowest BCUT2D eigenvalue weighted by Crippen LogP contribution is -2.01. The lowest BCUT2D eigenvalue weighted by Gasteiger charge is -2.15. The SMILES string of the molecule is COc1ccccc1[C@@H](O)c1ccc(Br)cc1. The zero-order valence-electron chi connectivity index (χ0n) is 9.43. The number of halogens is 1. The molecule has 0 fully saturated rings. The first kappa shape index (κ1) is 12.1. The van der Waals surface area contributed by atoms with Gasteiger partial charge in [0.25, 0.3) is 0 Å². The molecule has 1 N–H and O–H groups in total. The van der Waals surface area contributed by atoms with Crippen LogP contribution in [0.15, 0.2) is 53.0 Å². The third kappa shape index (κ3) is 2.68. The summed E-state index contributed by atoms with van der Waals surface area (Å²) in [5, 5.41) is 10.3. The normalized spacial score (nSPS) is 12.2. The number of ether oxygens (including phenoxy) is 1. The first-order valence-corrected chi connectivity index (χ1v) is 6.08. The molecular formula is C14H13BrO2. The third-order valence-electron chi connectivity index (χ3n) is 2.62. The highest BCUT2D eigenvalue weighted by Gasteiger charge is 2.14. The Morgan fingerprint density at radius 3 is 2.35 bits per heavy atom. The van der Waals surface area contributed by atoms with Crippen LogP contribution in [0.2, 0.25) is 0 Å². The van der Waals surface area contributed by atoms with E-state index >= 15 is 0 Å². The minimum atomic E-state index is -0.667. The monoisotopic (exact) mass is 292 g/mol. The second kappa shape index (κ2) is 5.34. The standard InChI is InChI=1S/C14H13BrO2/c1-17-13-5-3-2-4-12(13)14(16)10-6-8-11(15)9-7-10/h2-9,14,16H,1H3/t14-/m0/s1. The minimum Gasteiger partial charge on any atom is -0.496 e. The van der Waals surface area contributed by atoms with Crippen molar-refractivity contribution in [1.29, 1.82) is 0 Å². The Balaban J connectivity index is 2.36. The fourth-order valence-corrected chi connectivity index (χ4v) is 1.98. The Morgan fingerprint density at radius 2 is 1.71 bits per heavy atom. The number of aliphatic hydroxyl groups excluding tert-OH is 1. The van der Waals surface area contributed by atoms with Gasteiger partial charge in [-0.2, -0.15) is 0 Å². The molecule has 0 aliphatic heterocycles. The summed E-state index contributed by atoms with van der Waals surface area (Å²) in [6.45, 7) is 0. The highest BCUT2D eigenvalue weighted by molar-refractivity contribution is 9.10. The van der Waals surface area contributed by atoms with Crippen LogP contribution in [0.25, 0.3) is 0 Å². The molecule has 88 valence electrons. The van der Waals surface area contributed by atoms with Gasteiger partial charge in [0.15, 0.2) is 0 Å². The highest BCUT2D eigenvalue weighted by atomic mass is 79.9. The van der Waals surface area contributed by atoms with Gasteiger partial charge in [0.2, 0.25) is 0 Å². The maximum Gasteiger partial charge on any atom is 0.125 e. The maximum absolute atomic E-state index is 10.3. The van der Waals surface area contributed by atoms with E-state index in [0.29, 0.717) is 5.75 Å². The van der Waals surface area contributed by atoms with E-state index in [-0.39, 0.29) is 0 Å². The van der Waals surface area contributed by atoms with Crippen molar-refractivity contribution < 1.29 is 9.84 Å². The van der Waals surface area contributed by atoms with Crippen LogP contribution in [0, 0.1) is 0 Å². The van der Waals surface area contributed by atoms with E-state index in [2.05, 4.69) is 15.9 Å². The Hall–Kier alpha value is -1.32. The number of rotatable bonds is 3. The van der Waals surface area contributed by atoms with Crippen molar-refractivity contribution in [2.24, 2.45) is 0 Å². The van der Waals surface area contributed by atoms with Crippen LogP contribution in [-0.2, 0) is 0 Å². The number of para-hydroxylation sites is 1. The van der Waals surface area contributed by atoms with Crippen molar-refractivity contribution in [2.45, 2.75) is 6.10 Å². The quantitative estimate of drug-likeness (QED) is 0.938. The molecule has 0 bridgehead atoms. The number of methoxy groups -OCH3 is 1. The predicted molar refractivity (Wildman–Crippen MR) is 71.2 cm³/mol. The topological polar surface area (TPSA) is 29.5 Å². The van der Waals surface area contributed by atoms with E-state index in [0.717, 1.165) is 15.6 Å². The summed E-state index contributed by atoms with van der Waals surface area (Å²) < 4.78 is 6.24. The Morgan fingerprint density at radius 1 is 1.06 bits per heavy atom. The first-order chi connectivity index (χ1) is 8.22. The van der Waals surface area contributed by atoms with Gasteiger partial charge in [-0.1, -0.05) is 46.3 Å². The molecule has 0 amide bonds. The van der Waals surface area contributed by atoms with Crippen LogP contribution >= 0.6 is 15.9 Å². The van der Waals surface area contributed by atoms with Crippen molar-refractivity contribution in [1.82, 2.24) is 0 Å². The Bertz CT molecular complexity index is 494. The smallest absolute Gasteiger partial charge is 0.125 e. The van der Waals surface area contributed by atoms with Gasteiger partial charge in [0.05, 0.1) is 7.11 Å². The van der Waals surface area contributed by atoms with Crippen molar-refractivity contribution in [3.05, 3.63) is 64.1 Å². The zero-order valence-corrected chi connectivity index (χ0v) is 11.0. The first-order valence-electron chi connectivity index (χ1n) is 5.29. The number of hydrogen-bond donors (Lipinski definition) is 1. The van der Waals surface area contributed by atoms with Crippen molar-refractivity contribution in [2.75, 3.05) is 7.11 Å². The molecule has 0 heterocycles. The summed E-state index contributed by atoms with van der Waals surface area (Å²) in [5.41, 5.74) is 1.62. The maximum atomic E-state index is 10.3. The van der Waals surface area contributed by atoms with Gasteiger partial charge < -0.3 is 9.84 Å². The molecule has 2 nitrogen and oxygen atoms in total. The molecule has 3 heteroatoms. The number of aliphatic hydroxyl groups is 1. The molecule has 1 atom stereocenters. The molecule has 2 aromatic rings. The van der Waals surface area contributed by atoms with Gasteiger partial charge in [-0.25, -0.2) is 0 Å². The molecule has 0 aromatic heterocycles. The van der Waals surface area contributed by atoms with Crippen LogP contribution < -0.4 is 4.74 Å². The average Bonchev–Trinajstić information content (AvgIpc) is 2.39. The Labute approximate surface area is 109 Å². The molecule has 2 rings (SSSR count). The molecule has 0 spiro atoms. The summed E-state index contributed by atoms with van der Waals surface area (Å²) >= 11 is 3.37. The summed E-state index contributed by atoms with van der Waals surface area (Å²) in [5.74, 6) is 0.697. The van der Waals surface area contributed by atoms with Crippen molar-refractivity contribution >= 4 is 15.9 Å². The van der Waals surface area contributed by atoms with Crippen molar-refractivity contribution in [3.8, 4) is 5.75 Å². The molecule has 17 heavy (non-hydrogen) atoms. The van der Waals surface area contributed by atoms with Gasteiger partial charge in [0, 0.05) is 10.0 Å². The molecule has 0 saturated heterocycles. The van der Waals surface area contributed by atoms with Crippen LogP contribution in [0.5, 0.6) is 5.75 Å². The van der Waals surface area contributed by atoms with Crippen LogP contribution in [0.4, 0.5) is 0 Å². The summed E-state index contributed by atoms with van der Waals surface area (Å²) in [7, 11) is 1.60. The van der Waals surface area contributed by atoms with E-state index in [1.165, 1.54) is 0 Å². The lowest BCUT2D eigenvalue weighted by molar-refractivity contribution is 0.214. The van der Waals surface area contributed by atoms with Crippen molar-refractivity contribution in [3.63, 3.8) is 0 Å². The average molecular weight is 293 g/mol. The van der Waals surface area contributed by atoms with Crippen LogP contribution in [0.3, 0.4) is 0 Å². The van der Waals surface area contributed by atoms with E-state index in [4.69, 9.17) is 4.74 Å². The minimum absolute atomic E-state index is 0.667. The fourth-order valence-electron chi connectivity index (χ4n) is 1.72. The van der Waals surface area contributed by atoms with Crippen LogP contribution in [0.1, 0.15) is 17.2 Å². The summed E-state index contributed by atoms with van der Waals surface area (Å²) in [6, 6.07) is 15.1. The molecule has 0 aliphatic rings. The van der Waals surface area contributed by atoms with Gasteiger partial charge in [-0.15, -0.1) is 0 Å². The lowest BCUT2D eigenvalue weighted by atomic mass is 10.0. The predicted octanol–water partition coefficient (Wildman–Crippen LogP) is 3.54. The fraction of sp³-hybridized carbons (Fsp3) is 0.143.